The average molecular weight is 245 g/mol. The normalized spacial score (nSPS) is 9.62. The van der Waals surface area contributed by atoms with Gasteiger partial charge in [0.2, 0.25) is 0 Å². The van der Waals surface area contributed by atoms with Gasteiger partial charge in [0.05, 0.1) is 4.47 Å². The van der Waals surface area contributed by atoms with Crippen molar-refractivity contribution in [1.82, 2.24) is 0 Å². The zero-order chi connectivity index (χ0) is 10.0. The molecule has 0 heterocycles. The van der Waals surface area contributed by atoms with Gasteiger partial charge in [-0.15, -0.1) is 0 Å². The van der Waals surface area contributed by atoms with Crippen LogP contribution in [0.3, 0.4) is 0 Å². The molecule has 0 saturated carbocycles. The molecule has 0 aliphatic carbocycles. The highest BCUT2D eigenvalue weighted by molar-refractivity contribution is 9.10. The summed E-state index contributed by atoms with van der Waals surface area (Å²) < 4.78 is 0.291. The number of ketones is 1. The van der Waals surface area contributed by atoms with Crippen LogP contribution in [0.4, 0.5) is 0 Å². The van der Waals surface area contributed by atoms with Crippen LogP contribution >= 0.6 is 15.9 Å². The van der Waals surface area contributed by atoms with Crippen molar-refractivity contribution in [1.29, 1.82) is 0 Å². The molecule has 0 amide bonds. The summed E-state index contributed by atoms with van der Waals surface area (Å²) >= 11 is 2.97. The second kappa shape index (κ2) is 3.57. The van der Waals surface area contributed by atoms with Gasteiger partial charge in [-0.25, -0.2) is 4.79 Å². The van der Waals surface area contributed by atoms with E-state index in [-0.39, 0.29) is 11.3 Å². The molecule has 0 saturated heterocycles. The predicted octanol–water partition coefficient (Wildman–Crippen LogP) is 1.42. The van der Waals surface area contributed by atoms with Crippen LogP contribution in [0.1, 0.15) is 10.4 Å². The number of rotatable bonds is 2. The third-order valence-corrected chi connectivity index (χ3v) is 2.04. The number of hydrogen-bond acceptors (Lipinski definition) is 3. The predicted molar refractivity (Wildman–Crippen MR) is 47.8 cm³/mol. The minimum atomic E-state index is -1.52. The maximum Gasteiger partial charge on any atom is 0.377 e. The lowest BCUT2D eigenvalue weighted by Gasteiger charge is -1.98. The molecular formula is C8H5BrO4. The van der Waals surface area contributed by atoms with Gasteiger partial charge in [-0.1, -0.05) is 0 Å². The fourth-order valence-electron chi connectivity index (χ4n) is 0.772. The largest absolute Gasteiger partial charge is 0.507 e. The fourth-order valence-corrected chi connectivity index (χ4v) is 1.15. The Balaban J connectivity index is 3.11. The smallest absolute Gasteiger partial charge is 0.377 e. The first kappa shape index (κ1) is 9.73. The Bertz CT molecular complexity index is 372. The number of benzene rings is 1. The molecule has 4 nitrogen and oxygen atoms in total. The maximum atomic E-state index is 10.9. The van der Waals surface area contributed by atoms with Crippen LogP contribution in [0.2, 0.25) is 0 Å². The highest BCUT2D eigenvalue weighted by Crippen LogP contribution is 2.24. The highest BCUT2D eigenvalue weighted by Gasteiger charge is 2.15. The lowest BCUT2D eigenvalue weighted by Crippen LogP contribution is -2.12. The van der Waals surface area contributed by atoms with Gasteiger partial charge in [0.1, 0.15) is 5.75 Å². The van der Waals surface area contributed by atoms with Gasteiger partial charge in [-0.2, -0.15) is 0 Å². The lowest BCUT2D eigenvalue weighted by atomic mass is 10.1. The summed E-state index contributed by atoms with van der Waals surface area (Å²) in [6.45, 7) is 0. The van der Waals surface area contributed by atoms with Crippen molar-refractivity contribution >= 4 is 27.7 Å². The topological polar surface area (TPSA) is 74.6 Å². The first-order chi connectivity index (χ1) is 6.02. The fraction of sp³-hybridized carbons (Fsp3) is 0. The molecule has 1 rings (SSSR count). The van der Waals surface area contributed by atoms with Crippen LogP contribution in [0.5, 0.6) is 5.75 Å². The van der Waals surface area contributed by atoms with Crippen LogP contribution < -0.4 is 0 Å². The van der Waals surface area contributed by atoms with Crippen molar-refractivity contribution in [3.63, 3.8) is 0 Å². The summed E-state index contributed by atoms with van der Waals surface area (Å²) in [6.07, 6.45) is 0. The average Bonchev–Trinajstić information content (AvgIpc) is 2.08. The Kier molecular flexibility index (Phi) is 2.67. The number of carboxylic acid groups (broad SMARTS) is 1. The Morgan fingerprint density at radius 1 is 1.31 bits per heavy atom. The molecule has 0 fully saturated rings. The van der Waals surface area contributed by atoms with Crippen LogP contribution in [0.15, 0.2) is 22.7 Å². The Morgan fingerprint density at radius 2 is 1.92 bits per heavy atom. The van der Waals surface area contributed by atoms with Crippen molar-refractivity contribution in [2.45, 2.75) is 0 Å². The second-order valence-electron chi connectivity index (χ2n) is 2.30. The molecular weight excluding hydrogens is 240 g/mol. The SMILES string of the molecule is O=C(O)C(=O)c1ccc(O)c(Br)c1. The molecule has 0 aromatic heterocycles. The number of carbonyl (C=O) groups excluding carboxylic acids is 1. The molecule has 2 N–H and O–H groups in total. The minimum absolute atomic E-state index is 0.0252. The molecule has 0 spiro atoms. The van der Waals surface area contributed by atoms with Gasteiger partial charge < -0.3 is 10.2 Å². The molecule has 0 aliphatic rings. The molecule has 0 unspecified atom stereocenters. The van der Waals surface area contributed by atoms with E-state index < -0.39 is 11.8 Å². The van der Waals surface area contributed by atoms with Gasteiger partial charge in [-0.3, -0.25) is 4.79 Å². The summed E-state index contributed by atoms with van der Waals surface area (Å²) in [4.78, 5) is 21.2. The number of aliphatic carboxylic acids is 1. The molecule has 5 heteroatoms. The number of carboxylic acids is 1. The summed E-state index contributed by atoms with van der Waals surface area (Å²) in [7, 11) is 0. The third kappa shape index (κ3) is 2.06. The van der Waals surface area contributed by atoms with E-state index in [0.717, 1.165) is 0 Å². The van der Waals surface area contributed by atoms with Crippen molar-refractivity contribution in [2.75, 3.05) is 0 Å². The van der Waals surface area contributed by atoms with E-state index in [2.05, 4.69) is 15.9 Å². The molecule has 0 bridgehead atoms. The van der Waals surface area contributed by atoms with Crippen molar-refractivity contribution < 1.29 is 19.8 Å². The van der Waals surface area contributed by atoms with Gasteiger partial charge in [-0.05, 0) is 34.1 Å². The Labute approximate surface area is 81.9 Å². The molecule has 68 valence electrons. The van der Waals surface area contributed by atoms with Crippen LogP contribution in [0, 0.1) is 0 Å². The zero-order valence-corrected chi connectivity index (χ0v) is 7.91. The molecule has 0 atom stereocenters. The van der Waals surface area contributed by atoms with Crippen molar-refractivity contribution in [3.8, 4) is 5.75 Å². The van der Waals surface area contributed by atoms with E-state index in [9.17, 15) is 9.59 Å². The third-order valence-electron chi connectivity index (χ3n) is 1.40. The van der Waals surface area contributed by atoms with Gasteiger partial charge in [0, 0.05) is 5.56 Å². The molecule has 0 aliphatic heterocycles. The van der Waals surface area contributed by atoms with Crippen LogP contribution in [0.25, 0.3) is 0 Å². The first-order valence-electron chi connectivity index (χ1n) is 3.28. The van der Waals surface area contributed by atoms with Gasteiger partial charge in [0.25, 0.3) is 5.78 Å². The van der Waals surface area contributed by atoms with E-state index >= 15 is 0 Å². The Hall–Kier alpha value is -1.36. The molecule has 13 heavy (non-hydrogen) atoms. The van der Waals surface area contributed by atoms with Crippen LogP contribution in [-0.4, -0.2) is 22.0 Å². The minimum Gasteiger partial charge on any atom is -0.507 e. The number of Topliss-reactive ketones (excluding diaryl/α,β-unsaturated/α-hetero) is 1. The van der Waals surface area contributed by atoms with Gasteiger partial charge >= 0.3 is 5.97 Å². The summed E-state index contributed by atoms with van der Waals surface area (Å²) in [5, 5.41) is 17.4. The summed E-state index contributed by atoms with van der Waals surface area (Å²) in [5.74, 6) is -2.56. The second-order valence-corrected chi connectivity index (χ2v) is 3.15. The first-order valence-corrected chi connectivity index (χ1v) is 4.08. The summed E-state index contributed by atoms with van der Waals surface area (Å²) in [5.41, 5.74) is 0.0252. The van der Waals surface area contributed by atoms with Gasteiger partial charge in [0.15, 0.2) is 0 Å². The maximum absolute atomic E-state index is 10.9. The zero-order valence-electron chi connectivity index (χ0n) is 6.32. The number of carbonyl (C=O) groups is 2. The number of phenolic OH excluding ortho intramolecular Hbond substituents is 1. The summed E-state index contributed by atoms with van der Waals surface area (Å²) in [6, 6.07) is 3.75. The molecule has 0 radical (unpaired) electrons. The molecule has 1 aromatic rings. The van der Waals surface area contributed by atoms with E-state index in [1.165, 1.54) is 18.2 Å². The van der Waals surface area contributed by atoms with E-state index in [4.69, 9.17) is 10.2 Å². The number of phenols is 1. The number of halogens is 1. The Morgan fingerprint density at radius 3 is 2.38 bits per heavy atom. The monoisotopic (exact) mass is 244 g/mol. The highest BCUT2D eigenvalue weighted by atomic mass is 79.9. The van der Waals surface area contributed by atoms with Crippen molar-refractivity contribution in [2.24, 2.45) is 0 Å². The van der Waals surface area contributed by atoms with E-state index in [1.807, 2.05) is 0 Å². The number of hydrogen-bond donors (Lipinski definition) is 2. The van der Waals surface area contributed by atoms with Crippen LogP contribution in [-0.2, 0) is 4.79 Å². The lowest BCUT2D eigenvalue weighted by molar-refractivity contribution is -0.131. The standard InChI is InChI=1S/C8H5BrO4/c9-5-3-4(1-2-6(5)10)7(11)8(12)13/h1-3,10H,(H,12,13). The number of aromatic hydroxyl groups is 1. The van der Waals surface area contributed by atoms with Crippen molar-refractivity contribution in [3.05, 3.63) is 28.2 Å². The quantitative estimate of drug-likeness (QED) is 0.610. The van der Waals surface area contributed by atoms with E-state index in [1.54, 1.807) is 0 Å². The molecule has 1 aromatic carbocycles. The van der Waals surface area contributed by atoms with E-state index in [0.29, 0.717) is 4.47 Å².